The Morgan fingerprint density at radius 2 is 2.32 bits per heavy atom. The molecule has 5 heteroatoms. The average molecular weight is 277 g/mol. The van der Waals surface area contributed by atoms with Crippen molar-refractivity contribution in [2.45, 2.75) is 39.2 Å². The molecule has 0 spiro atoms. The Kier molecular flexibility index (Phi) is 4.37. The summed E-state index contributed by atoms with van der Waals surface area (Å²) in [5.41, 5.74) is 6.61. The van der Waals surface area contributed by atoms with Gasteiger partial charge in [0, 0.05) is 23.8 Å². The molecule has 1 unspecified atom stereocenters. The van der Waals surface area contributed by atoms with E-state index < -0.39 is 0 Å². The molecule has 0 aliphatic carbocycles. The van der Waals surface area contributed by atoms with Crippen LogP contribution in [-0.2, 0) is 0 Å². The minimum atomic E-state index is -0.0704. The zero-order valence-electron chi connectivity index (χ0n) is 11.3. The third kappa shape index (κ3) is 2.87. The summed E-state index contributed by atoms with van der Waals surface area (Å²) in [6, 6.07) is 2.07. The van der Waals surface area contributed by atoms with Crippen LogP contribution in [-0.4, -0.2) is 16.9 Å². The SMILES string of the molecule is CCCC(CC)NC(=O)c1sc2cnccc2c1N. The normalized spacial score (nSPS) is 12.5. The molecule has 1 amide bonds. The number of carbonyl (C=O) groups excluding carboxylic acids is 1. The van der Waals surface area contributed by atoms with Gasteiger partial charge < -0.3 is 11.1 Å². The van der Waals surface area contributed by atoms with Crippen molar-refractivity contribution in [1.29, 1.82) is 0 Å². The van der Waals surface area contributed by atoms with Crippen molar-refractivity contribution in [1.82, 2.24) is 10.3 Å². The number of aromatic nitrogens is 1. The van der Waals surface area contributed by atoms with E-state index >= 15 is 0 Å². The van der Waals surface area contributed by atoms with E-state index in [0.29, 0.717) is 10.6 Å². The Morgan fingerprint density at radius 3 is 2.95 bits per heavy atom. The summed E-state index contributed by atoms with van der Waals surface area (Å²) < 4.78 is 0.952. The Balaban J connectivity index is 2.24. The molecule has 0 aliphatic rings. The molecule has 0 saturated carbocycles. The van der Waals surface area contributed by atoms with E-state index in [9.17, 15) is 4.79 Å². The molecule has 0 saturated heterocycles. The fourth-order valence-electron chi connectivity index (χ4n) is 2.12. The Hall–Kier alpha value is -1.62. The first-order valence-electron chi connectivity index (χ1n) is 6.60. The van der Waals surface area contributed by atoms with Crippen LogP contribution >= 0.6 is 11.3 Å². The Bertz CT molecular complexity index is 579. The van der Waals surface area contributed by atoms with E-state index in [2.05, 4.69) is 24.1 Å². The van der Waals surface area contributed by atoms with Crippen LogP contribution in [0.5, 0.6) is 0 Å². The highest BCUT2D eigenvalue weighted by Crippen LogP contribution is 2.32. The molecule has 2 heterocycles. The minimum absolute atomic E-state index is 0.0704. The second-order valence-corrected chi connectivity index (χ2v) is 5.64. The molecule has 0 aromatic carbocycles. The van der Waals surface area contributed by atoms with Crippen LogP contribution in [0.1, 0.15) is 42.8 Å². The van der Waals surface area contributed by atoms with E-state index in [1.165, 1.54) is 11.3 Å². The number of pyridine rings is 1. The quantitative estimate of drug-likeness (QED) is 0.882. The van der Waals surface area contributed by atoms with Crippen molar-refractivity contribution in [3.05, 3.63) is 23.3 Å². The van der Waals surface area contributed by atoms with Crippen LogP contribution in [0.15, 0.2) is 18.5 Å². The summed E-state index contributed by atoms with van der Waals surface area (Å²) in [6.07, 6.45) is 6.43. The number of anilines is 1. The smallest absolute Gasteiger partial charge is 0.263 e. The van der Waals surface area contributed by atoms with Crippen molar-refractivity contribution < 1.29 is 4.79 Å². The van der Waals surface area contributed by atoms with Gasteiger partial charge in [0.05, 0.1) is 10.4 Å². The monoisotopic (exact) mass is 277 g/mol. The summed E-state index contributed by atoms with van der Waals surface area (Å²) in [6.45, 7) is 4.20. The van der Waals surface area contributed by atoms with E-state index in [1.807, 2.05) is 6.07 Å². The number of nitrogens with one attached hydrogen (secondary N) is 1. The fraction of sp³-hybridized carbons (Fsp3) is 0.429. The molecule has 0 aliphatic heterocycles. The number of nitrogen functional groups attached to an aromatic ring is 1. The van der Waals surface area contributed by atoms with Gasteiger partial charge in [-0.05, 0) is 18.9 Å². The molecular weight excluding hydrogens is 258 g/mol. The molecule has 0 bridgehead atoms. The number of fused-ring (bicyclic) bond motifs is 1. The van der Waals surface area contributed by atoms with Gasteiger partial charge in [-0.25, -0.2) is 0 Å². The van der Waals surface area contributed by atoms with Gasteiger partial charge in [0.15, 0.2) is 0 Å². The van der Waals surface area contributed by atoms with Gasteiger partial charge in [-0.2, -0.15) is 0 Å². The van der Waals surface area contributed by atoms with Crippen LogP contribution in [0.3, 0.4) is 0 Å². The molecule has 4 nitrogen and oxygen atoms in total. The standard InChI is InChI=1S/C14H19N3OS/c1-3-5-9(4-2)17-14(18)13-12(15)10-6-7-16-8-11(10)19-13/h6-9H,3-5,15H2,1-2H3,(H,17,18). The maximum atomic E-state index is 12.3. The summed E-state index contributed by atoms with van der Waals surface area (Å²) in [5.74, 6) is -0.0704. The molecule has 3 N–H and O–H groups in total. The molecule has 2 aromatic heterocycles. The highest BCUT2D eigenvalue weighted by atomic mass is 32.1. The van der Waals surface area contributed by atoms with Crippen LogP contribution < -0.4 is 11.1 Å². The number of rotatable bonds is 5. The second kappa shape index (κ2) is 6.02. The molecule has 1 atom stereocenters. The average Bonchev–Trinajstić information content (AvgIpc) is 2.76. The van der Waals surface area contributed by atoms with E-state index in [0.717, 1.165) is 29.3 Å². The molecule has 102 valence electrons. The van der Waals surface area contributed by atoms with Crippen LogP contribution in [0.4, 0.5) is 5.69 Å². The van der Waals surface area contributed by atoms with Gasteiger partial charge in [-0.3, -0.25) is 9.78 Å². The topological polar surface area (TPSA) is 68.0 Å². The van der Waals surface area contributed by atoms with Crippen molar-refractivity contribution in [2.75, 3.05) is 5.73 Å². The van der Waals surface area contributed by atoms with E-state index in [4.69, 9.17) is 5.73 Å². The maximum Gasteiger partial charge on any atom is 0.263 e. The molecular formula is C14H19N3OS. The van der Waals surface area contributed by atoms with Gasteiger partial charge in [0.1, 0.15) is 4.88 Å². The molecule has 2 aromatic rings. The van der Waals surface area contributed by atoms with Gasteiger partial charge >= 0.3 is 0 Å². The first-order chi connectivity index (χ1) is 9.17. The Labute approximate surface area is 117 Å². The predicted octanol–water partition coefficient (Wildman–Crippen LogP) is 3.19. The van der Waals surface area contributed by atoms with Gasteiger partial charge in [-0.15, -0.1) is 11.3 Å². The van der Waals surface area contributed by atoms with Crippen LogP contribution in [0, 0.1) is 0 Å². The zero-order valence-corrected chi connectivity index (χ0v) is 12.1. The van der Waals surface area contributed by atoms with Crippen LogP contribution in [0.25, 0.3) is 10.1 Å². The number of nitrogens with two attached hydrogens (primary N) is 1. The first-order valence-corrected chi connectivity index (χ1v) is 7.41. The van der Waals surface area contributed by atoms with Crippen molar-refractivity contribution in [3.63, 3.8) is 0 Å². The van der Waals surface area contributed by atoms with Gasteiger partial charge in [0.2, 0.25) is 0 Å². The minimum Gasteiger partial charge on any atom is -0.397 e. The van der Waals surface area contributed by atoms with Gasteiger partial charge in [0.25, 0.3) is 5.91 Å². The summed E-state index contributed by atoms with van der Waals surface area (Å²) >= 11 is 1.40. The largest absolute Gasteiger partial charge is 0.397 e. The molecule has 0 fully saturated rings. The van der Waals surface area contributed by atoms with Crippen molar-refractivity contribution in [3.8, 4) is 0 Å². The highest BCUT2D eigenvalue weighted by Gasteiger charge is 2.18. The van der Waals surface area contributed by atoms with E-state index in [-0.39, 0.29) is 11.9 Å². The lowest BCUT2D eigenvalue weighted by Crippen LogP contribution is -2.34. The lowest BCUT2D eigenvalue weighted by molar-refractivity contribution is 0.0938. The number of amides is 1. The molecule has 2 rings (SSSR count). The third-order valence-electron chi connectivity index (χ3n) is 3.20. The number of carbonyl (C=O) groups is 1. The van der Waals surface area contributed by atoms with Gasteiger partial charge in [-0.1, -0.05) is 20.3 Å². The molecule has 19 heavy (non-hydrogen) atoms. The first kappa shape index (κ1) is 13.8. The van der Waals surface area contributed by atoms with Crippen LogP contribution in [0.2, 0.25) is 0 Å². The number of hydrogen-bond donors (Lipinski definition) is 2. The lowest BCUT2D eigenvalue weighted by atomic mass is 10.1. The summed E-state index contributed by atoms with van der Waals surface area (Å²) in [7, 11) is 0. The van der Waals surface area contributed by atoms with Crippen molar-refractivity contribution in [2.24, 2.45) is 0 Å². The maximum absolute atomic E-state index is 12.3. The predicted molar refractivity (Wildman–Crippen MR) is 80.5 cm³/mol. The Morgan fingerprint density at radius 1 is 1.53 bits per heavy atom. The lowest BCUT2D eigenvalue weighted by Gasteiger charge is -2.15. The summed E-state index contributed by atoms with van der Waals surface area (Å²) in [5, 5.41) is 3.97. The summed E-state index contributed by atoms with van der Waals surface area (Å²) in [4.78, 5) is 16.9. The second-order valence-electron chi connectivity index (χ2n) is 4.58. The fourth-order valence-corrected chi connectivity index (χ4v) is 3.11. The number of hydrogen-bond acceptors (Lipinski definition) is 4. The number of nitrogens with zero attached hydrogens (tertiary/aromatic N) is 1. The van der Waals surface area contributed by atoms with Crippen molar-refractivity contribution >= 4 is 33.0 Å². The highest BCUT2D eigenvalue weighted by molar-refractivity contribution is 7.21. The third-order valence-corrected chi connectivity index (χ3v) is 4.36. The van der Waals surface area contributed by atoms with E-state index in [1.54, 1.807) is 12.4 Å². The zero-order chi connectivity index (χ0) is 13.8. The number of thiophene rings is 1. The molecule has 0 radical (unpaired) electrons.